The van der Waals surface area contributed by atoms with Crippen molar-refractivity contribution >= 4 is 22.8 Å². The Bertz CT molecular complexity index is 1060. The summed E-state index contributed by atoms with van der Waals surface area (Å²) in [5.41, 5.74) is 5.21. The van der Waals surface area contributed by atoms with Crippen LogP contribution < -0.4 is 0 Å². The molecule has 1 N–H and O–H groups in total. The molecule has 0 aliphatic heterocycles. The predicted octanol–water partition coefficient (Wildman–Crippen LogP) is 3.25. The van der Waals surface area contributed by atoms with E-state index in [1.54, 1.807) is 18.7 Å². The van der Waals surface area contributed by atoms with E-state index in [0.717, 1.165) is 16.6 Å². The first-order chi connectivity index (χ1) is 13.1. The van der Waals surface area contributed by atoms with Crippen molar-refractivity contribution in [3.05, 3.63) is 54.1 Å². The largest absolute Gasteiger partial charge is 0.411 e. The Balaban J connectivity index is 1.40. The van der Waals surface area contributed by atoms with Crippen LogP contribution in [0.3, 0.4) is 0 Å². The lowest BCUT2D eigenvalue weighted by Crippen LogP contribution is -2.18. The van der Waals surface area contributed by atoms with Gasteiger partial charge in [-0.2, -0.15) is 0 Å². The van der Waals surface area contributed by atoms with Crippen molar-refractivity contribution in [2.45, 2.75) is 31.7 Å². The first kappa shape index (κ1) is 17.7. The SMILES string of the molecule is Cc1cc2ncn(CC(O)CSc3nnc(-c4ccncc4)o3)c2cc1C. The van der Waals surface area contributed by atoms with E-state index in [-0.39, 0.29) is 0 Å². The highest BCUT2D eigenvalue weighted by atomic mass is 32.2. The van der Waals surface area contributed by atoms with Crippen molar-refractivity contribution in [3.8, 4) is 11.5 Å². The Morgan fingerprint density at radius 3 is 2.74 bits per heavy atom. The summed E-state index contributed by atoms with van der Waals surface area (Å²) in [7, 11) is 0. The maximum Gasteiger partial charge on any atom is 0.276 e. The number of hydrogen-bond donors (Lipinski definition) is 1. The molecule has 0 radical (unpaired) electrons. The summed E-state index contributed by atoms with van der Waals surface area (Å²) in [6.07, 6.45) is 4.56. The molecule has 0 fully saturated rings. The lowest BCUT2D eigenvalue weighted by molar-refractivity contribution is 0.179. The van der Waals surface area contributed by atoms with Gasteiger partial charge in [0.05, 0.1) is 30.0 Å². The third-order valence-corrected chi connectivity index (χ3v) is 5.34. The van der Waals surface area contributed by atoms with Gasteiger partial charge in [0.2, 0.25) is 5.89 Å². The molecule has 1 aromatic carbocycles. The number of aryl methyl sites for hydroxylation is 2. The summed E-state index contributed by atoms with van der Waals surface area (Å²) in [6.45, 7) is 4.61. The highest BCUT2D eigenvalue weighted by Crippen LogP contribution is 2.24. The normalized spacial score (nSPS) is 12.6. The maximum atomic E-state index is 10.4. The molecule has 0 bridgehead atoms. The number of thioether (sulfide) groups is 1. The first-order valence-electron chi connectivity index (χ1n) is 8.57. The van der Waals surface area contributed by atoms with Crippen LogP contribution in [0, 0.1) is 13.8 Å². The molecule has 0 aliphatic rings. The molecule has 3 heterocycles. The van der Waals surface area contributed by atoms with Crippen LogP contribution in [0.4, 0.5) is 0 Å². The molecule has 0 spiro atoms. The molecular weight excluding hydrogens is 362 g/mol. The number of aliphatic hydroxyl groups excluding tert-OH is 1. The van der Waals surface area contributed by atoms with Crippen molar-refractivity contribution in [3.63, 3.8) is 0 Å². The van der Waals surface area contributed by atoms with Gasteiger partial charge in [-0.25, -0.2) is 4.98 Å². The van der Waals surface area contributed by atoms with Crippen LogP contribution >= 0.6 is 11.8 Å². The highest BCUT2D eigenvalue weighted by molar-refractivity contribution is 7.99. The van der Waals surface area contributed by atoms with Gasteiger partial charge in [-0.3, -0.25) is 4.98 Å². The molecule has 27 heavy (non-hydrogen) atoms. The van der Waals surface area contributed by atoms with Gasteiger partial charge in [0.25, 0.3) is 5.22 Å². The summed E-state index contributed by atoms with van der Waals surface area (Å²) in [4.78, 5) is 8.40. The molecular formula is C19H19N5O2S. The fourth-order valence-corrected chi connectivity index (χ4v) is 3.46. The van der Waals surface area contributed by atoms with E-state index in [1.807, 2.05) is 16.7 Å². The number of pyridine rings is 1. The van der Waals surface area contributed by atoms with Gasteiger partial charge >= 0.3 is 0 Å². The Kier molecular flexibility index (Phi) is 4.91. The van der Waals surface area contributed by atoms with Crippen molar-refractivity contribution in [1.29, 1.82) is 0 Å². The minimum Gasteiger partial charge on any atom is -0.411 e. The number of aliphatic hydroxyl groups is 1. The van der Waals surface area contributed by atoms with E-state index in [1.165, 1.54) is 22.9 Å². The summed E-state index contributed by atoms with van der Waals surface area (Å²) in [6, 6.07) is 7.80. The second-order valence-electron chi connectivity index (χ2n) is 6.40. The Morgan fingerprint density at radius 2 is 1.93 bits per heavy atom. The molecule has 0 aliphatic carbocycles. The smallest absolute Gasteiger partial charge is 0.276 e. The topological polar surface area (TPSA) is 89.9 Å². The van der Waals surface area contributed by atoms with E-state index in [4.69, 9.17) is 4.42 Å². The van der Waals surface area contributed by atoms with E-state index >= 15 is 0 Å². The van der Waals surface area contributed by atoms with E-state index < -0.39 is 6.10 Å². The molecule has 138 valence electrons. The van der Waals surface area contributed by atoms with Gasteiger partial charge in [0.1, 0.15) is 0 Å². The van der Waals surface area contributed by atoms with Crippen molar-refractivity contribution < 1.29 is 9.52 Å². The average molecular weight is 381 g/mol. The molecule has 0 saturated heterocycles. The summed E-state index contributed by atoms with van der Waals surface area (Å²) >= 11 is 1.34. The number of benzene rings is 1. The molecule has 0 saturated carbocycles. The molecule has 8 heteroatoms. The fraction of sp³-hybridized carbons (Fsp3) is 0.263. The van der Waals surface area contributed by atoms with Gasteiger partial charge in [0.15, 0.2) is 0 Å². The standard InChI is InChI=1S/C19H19N5O2S/c1-12-7-16-17(8-13(12)2)24(11-21-16)9-15(25)10-27-19-23-22-18(26-19)14-3-5-20-6-4-14/h3-8,11,15,25H,9-10H2,1-2H3. The zero-order valence-corrected chi connectivity index (χ0v) is 15.8. The summed E-state index contributed by atoms with van der Waals surface area (Å²) < 4.78 is 7.61. The Hall–Kier alpha value is -2.71. The number of hydrogen-bond acceptors (Lipinski definition) is 7. The second kappa shape index (κ2) is 7.50. The van der Waals surface area contributed by atoms with Crippen LogP contribution in [-0.4, -0.2) is 41.7 Å². The lowest BCUT2D eigenvalue weighted by atomic mass is 10.1. The van der Waals surface area contributed by atoms with Crippen LogP contribution in [-0.2, 0) is 6.54 Å². The third-order valence-electron chi connectivity index (χ3n) is 4.38. The number of fused-ring (bicyclic) bond motifs is 1. The maximum absolute atomic E-state index is 10.4. The van der Waals surface area contributed by atoms with Crippen LogP contribution in [0.15, 0.2) is 52.6 Å². The average Bonchev–Trinajstić information content (AvgIpc) is 3.29. The third kappa shape index (κ3) is 3.86. The second-order valence-corrected chi connectivity index (χ2v) is 7.37. The molecule has 0 amide bonds. The number of aromatic nitrogens is 5. The Labute approximate surface area is 160 Å². The van der Waals surface area contributed by atoms with E-state index in [9.17, 15) is 5.11 Å². The minimum atomic E-state index is -0.565. The fourth-order valence-electron chi connectivity index (χ4n) is 2.79. The monoisotopic (exact) mass is 381 g/mol. The first-order valence-corrected chi connectivity index (χ1v) is 9.55. The minimum absolute atomic E-state index is 0.433. The predicted molar refractivity (Wildman–Crippen MR) is 103 cm³/mol. The molecule has 1 unspecified atom stereocenters. The van der Waals surface area contributed by atoms with Gasteiger partial charge < -0.3 is 14.1 Å². The molecule has 7 nitrogen and oxygen atoms in total. The summed E-state index contributed by atoms with van der Waals surface area (Å²) in [5, 5.41) is 18.9. The van der Waals surface area contributed by atoms with Crippen molar-refractivity contribution in [2.24, 2.45) is 0 Å². The number of nitrogens with zero attached hydrogens (tertiary/aromatic N) is 5. The van der Waals surface area contributed by atoms with Gasteiger partial charge in [-0.15, -0.1) is 10.2 Å². The Morgan fingerprint density at radius 1 is 1.15 bits per heavy atom. The summed E-state index contributed by atoms with van der Waals surface area (Å²) in [5.74, 6) is 0.892. The molecule has 1 atom stereocenters. The van der Waals surface area contributed by atoms with Crippen molar-refractivity contribution in [1.82, 2.24) is 24.7 Å². The van der Waals surface area contributed by atoms with Crippen molar-refractivity contribution in [2.75, 3.05) is 5.75 Å². The quantitative estimate of drug-likeness (QED) is 0.513. The van der Waals surface area contributed by atoms with Crippen LogP contribution in [0.1, 0.15) is 11.1 Å². The molecule has 3 aromatic heterocycles. The van der Waals surface area contributed by atoms with E-state index in [2.05, 4.69) is 46.1 Å². The van der Waals surface area contributed by atoms with Crippen LogP contribution in [0.25, 0.3) is 22.5 Å². The number of imidazole rings is 1. The molecule has 4 rings (SSSR count). The van der Waals surface area contributed by atoms with Gasteiger partial charge in [-0.05, 0) is 49.2 Å². The van der Waals surface area contributed by atoms with Gasteiger partial charge in [0, 0.05) is 23.7 Å². The van der Waals surface area contributed by atoms with Crippen LogP contribution in [0.2, 0.25) is 0 Å². The van der Waals surface area contributed by atoms with E-state index in [0.29, 0.717) is 23.4 Å². The van der Waals surface area contributed by atoms with Crippen LogP contribution in [0.5, 0.6) is 0 Å². The molecule has 4 aromatic rings. The van der Waals surface area contributed by atoms with Gasteiger partial charge in [-0.1, -0.05) is 11.8 Å². The lowest BCUT2D eigenvalue weighted by Gasteiger charge is -2.11. The highest BCUT2D eigenvalue weighted by Gasteiger charge is 2.14. The zero-order valence-electron chi connectivity index (χ0n) is 15.0. The zero-order chi connectivity index (χ0) is 18.8. The number of rotatable bonds is 6.